The lowest BCUT2D eigenvalue weighted by molar-refractivity contribution is -0.151. The minimum Gasteiger partial charge on any atom is -0.480 e. The molecule has 1 aliphatic rings. The molecule has 0 saturated heterocycles. The van der Waals surface area contributed by atoms with Crippen LogP contribution in [0.2, 0.25) is 0 Å². The first-order valence-corrected chi connectivity index (χ1v) is 11.2. The van der Waals surface area contributed by atoms with Gasteiger partial charge >= 0.3 is 18.0 Å². The summed E-state index contributed by atoms with van der Waals surface area (Å²) in [7, 11) is 0. The summed E-state index contributed by atoms with van der Waals surface area (Å²) in [4.78, 5) is 48.9. The highest BCUT2D eigenvalue weighted by Crippen LogP contribution is 2.44. The van der Waals surface area contributed by atoms with Gasteiger partial charge in [0.1, 0.15) is 12.6 Å². The van der Waals surface area contributed by atoms with Gasteiger partial charge in [-0.05, 0) is 35.6 Å². The van der Waals surface area contributed by atoms with Gasteiger partial charge in [0, 0.05) is 5.92 Å². The molecule has 2 atom stereocenters. The minimum atomic E-state index is -1.74. The van der Waals surface area contributed by atoms with Gasteiger partial charge in [0.05, 0.1) is 6.61 Å². The first-order valence-electron chi connectivity index (χ1n) is 11.2. The number of nitrogens with one attached hydrogen (secondary N) is 2. The molecule has 9 nitrogen and oxygen atoms in total. The van der Waals surface area contributed by atoms with Gasteiger partial charge in [-0.3, -0.25) is 10.1 Å². The highest BCUT2D eigenvalue weighted by molar-refractivity contribution is 6.05. The molecule has 0 spiro atoms. The van der Waals surface area contributed by atoms with E-state index in [-0.39, 0.29) is 25.6 Å². The lowest BCUT2D eigenvalue weighted by Crippen LogP contribution is -2.55. The third kappa shape index (κ3) is 5.54. The van der Waals surface area contributed by atoms with Crippen LogP contribution in [0.15, 0.2) is 48.5 Å². The summed E-state index contributed by atoms with van der Waals surface area (Å²) in [5.41, 5.74) is 4.15. The minimum absolute atomic E-state index is 0.00932. The number of fused-ring (bicyclic) bond motifs is 3. The molecule has 2 amide bonds. The van der Waals surface area contributed by atoms with Crippen LogP contribution in [0.25, 0.3) is 11.1 Å². The van der Waals surface area contributed by atoms with Crippen molar-refractivity contribution in [2.45, 2.75) is 44.7 Å². The lowest BCUT2D eigenvalue weighted by atomic mass is 9.98. The van der Waals surface area contributed by atoms with Gasteiger partial charge in [-0.2, -0.15) is 0 Å². The maximum absolute atomic E-state index is 12.6. The second-order valence-electron chi connectivity index (χ2n) is 7.84. The Kier molecular flexibility index (Phi) is 8.24. The van der Waals surface area contributed by atoms with Crippen molar-refractivity contribution in [1.29, 1.82) is 0 Å². The third-order valence-electron chi connectivity index (χ3n) is 5.58. The summed E-state index contributed by atoms with van der Waals surface area (Å²) in [5.74, 6) is -3.42. The molecule has 0 radical (unpaired) electrons. The van der Waals surface area contributed by atoms with E-state index in [9.17, 15) is 24.3 Å². The van der Waals surface area contributed by atoms with Crippen LogP contribution in [0.1, 0.15) is 43.7 Å². The molecule has 0 fully saturated rings. The number of hydrogen-bond donors (Lipinski definition) is 3. The molecule has 180 valence electrons. The average Bonchev–Trinajstić information content (AvgIpc) is 3.14. The second-order valence-corrected chi connectivity index (χ2v) is 7.84. The van der Waals surface area contributed by atoms with Crippen molar-refractivity contribution in [3.63, 3.8) is 0 Å². The molecule has 2 aromatic carbocycles. The molecule has 0 heterocycles. The number of carboxylic acid groups (broad SMARTS) is 1. The average molecular weight is 469 g/mol. The van der Waals surface area contributed by atoms with E-state index in [1.807, 2.05) is 48.5 Å². The zero-order valence-corrected chi connectivity index (χ0v) is 19.1. The summed E-state index contributed by atoms with van der Waals surface area (Å²) in [6.07, 6.45) is -0.319. The summed E-state index contributed by atoms with van der Waals surface area (Å²) >= 11 is 0. The van der Waals surface area contributed by atoms with E-state index in [1.54, 1.807) is 13.8 Å². The molecular weight excluding hydrogens is 440 g/mol. The van der Waals surface area contributed by atoms with Gasteiger partial charge in [-0.25, -0.2) is 14.4 Å². The van der Waals surface area contributed by atoms with Crippen LogP contribution in [0.4, 0.5) is 4.79 Å². The van der Waals surface area contributed by atoms with Crippen LogP contribution < -0.4 is 10.6 Å². The quantitative estimate of drug-likeness (QED) is 0.361. The number of esters is 1. The molecule has 2 unspecified atom stereocenters. The number of alkyl carbamates (subject to hydrolysis) is 1. The van der Waals surface area contributed by atoms with Crippen molar-refractivity contribution in [2.75, 3.05) is 13.2 Å². The summed E-state index contributed by atoms with van der Waals surface area (Å²) in [6, 6.07) is 12.7. The Balaban J connectivity index is 1.70. The molecule has 0 aromatic heterocycles. The molecule has 1 aliphatic carbocycles. The summed E-state index contributed by atoms with van der Waals surface area (Å²) in [6.45, 7) is 3.29. The second kappa shape index (κ2) is 11.3. The van der Waals surface area contributed by atoms with Gasteiger partial charge in [-0.15, -0.1) is 0 Å². The molecule has 0 aliphatic heterocycles. The van der Waals surface area contributed by atoms with Crippen molar-refractivity contribution < 1.29 is 33.8 Å². The van der Waals surface area contributed by atoms with Crippen LogP contribution in [0.5, 0.6) is 0 Å². The zero-order valence-electron chi connectivity index (χ0n) is 19.1. The fourth-order valence-electron chi connectivity index (χ4n) is 4.02. The number of aliphatic carboxylic acids is 1. The number of ether oxygens (including phenoxy) is 2. The molecule has 0 bridgehead atoms. The van der Waals surface area contributed by atoms with Crippen molar-refractivity contribution in [3.8, 4) is 11.1 Å². The van der Waals surface area contributed by atoms with E-state index in [1.165, 1.54) is 0 Å². The van der Waals surface area contributed by atoms with Crippen LogP contribution in [0.3, 0.4) is 0 Å². The van der Waals surface area contributed by atoms with Crippen LogP contribution in [-0.4, -0.2) is 54.3 Å². The maximum Gasteiger partial charge on any atom is 0.408 e. The molecular formula is C25H28N2O7. The highest BCUT2D eigenvalue weighted by Gasteiger charge is 2.34. The molecule has 0 saturated carbocycles. The standard InChI is InChI=1S/C25H28N2O7/c1-3-9-20(23(29)30)26-22(28)21(24(31)33-4-2)27-25(32)34-14-19-17-12-7-5-10-15(17)16-11-6-8-13-18(16)19/h5-8,10-13,19-21H,3-4,9,14H2,1-2H3,(H,26,28)(H,27,32)(H,29,30). The topological polar surface area (TPSA) is 131 Å². The van der Waals surface area contributed by atoms with E-state index in [2.05, 4.69) is 10.6 Å². The summed E-state index contributed by atoms with van der Waals surface area (Å²) < 4.78 is 10.3. The monoisotopic (exact) mass is 468 g/mol. The largest absolute Gasteiger partial charge is 0.480 e. The normalized spacial score (nSPS) is 13.7. The van der Waals surface area contributed by atoms with Crippen LogP contribution >= 0.6 is 0 Å². The van der Waals surface area contributed by atoms with E-state index < -0.39 is 36.0 Å². The Morgan fingerprint density at radius 1 is 0.912 bits per heavy atom. The van der Waals surface area contributed by atoms with Crippen molar-refractivity contribution >= 4 is 23.9 Å². The number of benzene rings is 2. The number of rotatable bonds is 10. The van der Waals surface area contributed by atoms with Crippen LogP contribution in [0, 0.1) is 0 Å². The Labute approximate surface area is 197 Å². The number of hydrogen-bond acceptors (Lipinski definition) is 6. The van der Waals surface area contributed by atoms with Gasteiger partial charge in [-0.1, -0.05) is 61.9 Å². The first kappa shape index (κ1) is 24.8. The van der Waals surface area contributed by atoms with Gasteiger partial charge in [0.2, 0.25) is 6.04 Å². The predicted molar refractivity (Wildman–Crippen MR) is 123 cm³/mol. The summed E-state index contributed by atoms with van der Waals surface area (Å²) in [5, 5.41) is 13.8. The Morgan fingerprint density at radius 3 is 2.03 bits per heavy atom. The molecule has 34 heavy (non-hydrogen) atoms. The Bertz CT molecular complexity index is 1020. The fraction of sp³-hybridized carbons (Fsp3) is 0.360. The highest BCUT2D eigenvalue weighted by atomic mass is 16.6. The van der Waals surface area contributed by atoms with Crippen molar-refractivity contribution in [2.24, 2.45) is 0 Å². The Morgan fingerprint density at radius 2 is 1.50 bits per heavy atom. The van der Waals surface area contributed by atoms with Gasteiger partial charge in [0.15, 0.2) is 0 Å². The van der Waals surface area contributed by atoms with Gasteiger partial charge in [0.25, 0.3) is 5.91 Å². The van der Waals surface area contributed by atoms with Crippen molar-refractivity contribution in [3.05, 3.63) is 59.7 Å². The number of amides is 2. The van der Waals surface area contributed by atoms with E-state index in [4.69, 9.17) is 9.47 Å². The van der Waals surface area contributed by atoms with Crippen molar-refractivity contribution in [1.82, 2.24) is 10.6 Å². The van der Waals surface area contributed by atoms with E-state index in [0.717, 1.165) is 22.3 Å². The van der Waals surface area contributed by atoms with Crippen LogP contribution in [-0.2, 0) is 23.9 Å². The zero-order chi connectivity index (χ0) is 24.7. The Hall–Kier alpha value is -3.88. The smallest absolute Gasteiger partial charge is 0.408 e. The molecule has 9 heteroatoms. The molecule has 3 N–H and O–H groups in total. The third-order valence-corrected chi connectivity index (χ3v) is 5.58. The van der Waals surface area contributed by atoms with E-state index in [0.29, 0.717) is 6.42 Å². The lowest BCUT2D eigenvalue weighted by Gasteiger charge is -2.20. The number of carbonyl (C=O) groups is 4. The fourth-order valence-corrected chi connectivity index (χ4v) is 4.02. The number of carbonyl (C=O) groups excluding carboxylic acids is 3. The molecule has 2 aromatic rings. The number of carboxylic acids is 1. The molecule has 3 rings (SSSR count). The SMILES string of the molecule is CCCC(NC(=O)C(NC(=O)OCC1c2ccccc2-c2ccccc21)C(=O)OCC)C(=O)O. The van der Waals surface area contributed by atoms with E-state index >= 15 is 0 Å². The maximum atomic E-state index is 12.6. The van der Waals surface area contributed by atoms with Gasteiger partial charge < -0.3 is 19.9 Å². The first-order chi connectivity index (χ1) is 16.4. The predicted octanol–water partition coefficient (Wildman–Crippen LogP) is 2.83.